The van der Waals surface area contributed by atoms with Crippen LogP contribution in [0.15, 0.2) is 42.5 Å². The van der Waals surface area contributed by atoms with E-state index in [1.54, 1.807) is 0 Å². The van der Waals surface area contributed by atoms with Gasteiger partial charge in [-0.05, 0) is 41.2 Å². The van der Waals surface area contributed by atoms with E-state index in [2.05, 4.69) is 57.5 Å². The van der Waals surface area contributed by atoms with Gasteiger partial charge in [0.25, 0.3) is 0 Å². The second-order valence-electron chi connectivity index (χ2n) is 4.78. The van der Waals surface area contributed by atoms with E-state index >= 15 is 0 Å². The highest BCUT2D eigenvalue weighted by atomic mass is 32.1. The highest BCUT2D eigenvalue weighted by Gasteiger charge is 2.17. The van der Waals surface area contributed by atoms with Crippen LogP contribution in [0.4, 0.5) is 0 Å². The van der Waals surface area contributed by atoms with Crippen molar-refractivity contribution < 1.29 is 0 Å². The number of hydrogen-bond acceptors (Lipinski definition) is 5. The highest BCUT2D eigenvalue weighted by molar-refractivity contribution is 7.05. The molecule has 0 saturated carbocycles. The molecule has 3 rings (SSSR count). The van der Waals surface area contributed by atoms with Crippen molar-refractivity contribution >= 4 is 22.3 Å². The molecule has 0 radical (unpaired) electrons. The first kappa shape index (κ1) is 13.2. The zero-order chi connectivity index (χ0) is 13.9. The minimum absolute atomic E-state index is 0.0424. The summed E-state index contributed by atoms with van der Waals surface area (Å²) in [4.78, 5) is 1.10. The zero-order valence-corrected chi connectivity index (χ0v) is 12.0. The Morgan fingerprint density at radius 3 is 2.75 bits per heavy atom. The molecule has 0 fully saturated rings. The molecule has 0 aliphatic carbocycles. The van der Waals surface area contributed by atoms with Crippen LogP contribution in [-0.4, -0.2) is 9.59 Å². The second-order valence-corrected chi connectivity index (χ2v) is 5.57. The Balaban J connectivity index is 1.98. The maximum Gasteiger partial charge on any atom is 0.0773 e. The molecule has 1 atom stereocenters. The quantitative estimate of drug-likeness (QED) is 0.571. The molecule has 1 heterocycles. The lowest BCUT2D eigenvalue weighted by atomic mass is 9.98. The predicted molar refractivity (Wildman–Crippen MR) is 82.4 cm³/mol. The van der Waals surface area contributed by atoms with Gasteiger partial charge >= 0.3 is 0 Å². The minimum Gasteiger partial charge on any atom is -0.271 e. The fourth-order valence-corrected chi connectivity index (χ4v) is 3.18. The zero-order valence-electron chi connectivity index (χ0n) is 11.2. The molecule has 0 aliphatic rings. The van der Waals surface area contributed by atoms with Crippen molar-refractivity contribution in [1.29, 1.82) is 0 Å². The molecule has 4 nitrogen and oxygen atoms in total. The smallest absolute Gasteiger partial charge is 0.0773 e. The average molecular weight is 284 g/mol. The van der Waals surface area contributed by atoms with E-state index in [-0.39, 0.29) is 6.04 Å². The van der Waals surface area contributed by atoms with E-state index in [1.165, 1.54) is 27.9 Å². The van der Waals surface area contributed by atoms with Gasteiger partial charge in [-0.3, -0.25) is 11.3 Å². The van der Waals surface area contributed by atoms with Gasteiger partial charge in [0.05, 0.1) is 16.6 Å². The van der Waals surface area contributed by atoms with Crippen LogP contribution in [0.25, 0.3) is 10.8 Å². The Morgan fingerprint density at radius 2 is 2.00 bits per heavy atom. The molecular weight excluding hydrogens is 268 g/mol. The van der Waals surface area contributed by atoms with Crippen LogP contribution in [0, 0.1) is 6.92 Å². The number of benzene rings is 2. The number of fused-ring (bicyclic) bond motifs is 1. The number of nitrogens with two attached hydrogens (primary N) is 1. The summed E-state index contributed by atoms with van der Waals surface area (Å²) in [6.45, 7) is 1.96. The molecule has 0 saturated heterocycles. The van der Waals surface area contributed by atoms with Crippen molar-refractivity contribution in [2.45, 2.75) is 19.4 Å². The molecule has 20 heavy (non-hydrogen) atoms. The van der Waals surface area contributed by atoms with Gasteiger partial charge < -0.3 is 0 Å². The summed E-state index contributed by atoms with van der Waals surface area (Å²) in [7, 11) is 0. The molecule has 3 aromatic rings. The van der Waals surface area contributed by atoms with Crippen molar-refractivity contribution in [3.63, 3.8) is 0 Å². The van der Waals surface area contributed by atoms with Crippen molar-refractivity contribution in [3.05, 3.63) is 58.6 Å². The molecule has 0 aliphatic heterocycles. The summed E-state index contributed by atoms with van der Waals surface area (Å²) in [5.41, 5.74) is 5.11. The Hall–Kier alpha value is -1.82. The number of nitrogens with one attached hydrogen (secondary N) is 1. The van der Waals surface area contributed by atoms with Gasteiger partial charge in [-0.15, -0.1) is 5.10 Å². The van der Waals surface area contributed by atoms with Gasteiger partial charge in [-0.25, -0.2) is 0 Å². The molecule has 0 bridgehead atoms. The third-order valence-electron chi connectivity index (χ3n) is 3.51. The van der Waals surface area contributed by atoms with Crippen LogP contribution in [0.1, 0.15) is 22.2 Å². The third-order valence-corrected chi connectivity index (χ3v) is 4.45. The van der Waals surface area contributed by atoms with Crippen LogP contribution < -0.4 is 11.3 Å². The fraction of sp³-hybridized carbons (Fsp3) is 0.200. The maximum absolute atomic E-state index is 5.73. The lowest BCUT2D eigenvalue weighted by Crippen LogP contribution is -2.29. The minimum atomic E-state index is 0.0424. The fourth-order valence-electron chi connectivity index (χ4n) is 2.47. The van der Waals surface area contributed by atoms with Gasteiger partial charge in [0.1, 0.15) is 0 Å². The Labute approximate surface area is 121 Å². The molecule has 0 amide bonds. The van der Waals surface area contributed by atoms with Gasteiger partial charge in [0, 0.05) is 0 Å². The van der Waals surface area contributed by atoms with Gasteiger partial charge in [-0.1, -0.05) is 47.0 Å². The number of hydrazine groups is 1. The molecular formula is C15H16N4S. The van der Waals surface area contributed by atoms with Gasteiger partial charge in [-0.2, -0.15) is 0 Å². The van der Waals surface area contributed by atoms with Crippen molar-refractivity contribution in [3.8, 4) is 0 Å². The Bertz CT molecular complexity index is 717. The topological polar surface area (TPSA) is 63.8 Å². The number of aryl methyl sites for hydroxylation is 1. The van der Waals surface area contributed by atoms with Crippen molar-refractivity contribution in [1.82, 2.24) is 15.0 Å². The first-order valence-electron chi connectivity index (χ1n) is 6.51. The largest absolute Gasteiger partial charge is 0.271 e. The molecule has 1 aromatic heterocycles. The van der Waals surface area contributed by atoms with Crippen molar-refractivity contribution in [2.24, 2.45) is 5.84 Å². The molecule has 2 aromatic carbocycles. The highest BCUT2D eigenvalue weighted by Crippen LogP contribution is 2.26. The first-order chi connectivity index (χ1) is 9.79. The summed E-state index contributed by atoms with van der Waals surface area (Å²) in [5.74, 6) is 5.73. The van der Waals surface area contributed by atoms with Crippen LogP contribution >= 0.6 is 11.5 Å². The van der Waals surface area contributed by atoms with E-state index in [4.69, 9.17) is 5.84 Å². The van der Waals surface area contributed by atoms with Crippen LogP contribution in [0.3, 0.4) is 0 Å². The molecule has 5 heteroatoms. The van der Waals surface area contributed by atoms with Crippen LogP contribution in [0.2, 0.25) is 0 Å². The lowest BCUT2D eigenvalue weighted by Gasteiger charge is -2.15. The van der Waals surface area contributed by atoms with E-state index in [0.29, 0.717) is 0 Å². The average Bonchev–Trinajstić information content (AvgIpc) is 2.91. The Morgan fingerprint density at radius 1 is 1.20 bits per heavy atom. The lowest BCUT2D eigenvalue weighted by molar-refractivity contribution is 0.558. The van der Waals surface area contributed by atoms with E-state index in [0.717, 1.165) is 17.0 Å². The maximum atomic E-state index is 5.73. The summed E-state index contributed by atoms with van der Waals surface area (Å²) < 4.78 is 3.99. The van der Waals surface area contributed by atoms with E-state index < -0.39 is 0 Å². The number of hydrogen-bond donors (Lipinski definition) is 2. The molecule has 3 N–H and O–H groups in total. The summed E-state index contributed by atoms with van der Waals surface area (Å²) >= 11 is 1.40. The first-order valence-corrected chi connectivity index (χ1v) is 7.28. The monoisotopic (exact) mass is 284 g/mol. The molecule has 1 unspecified atom stereocenters. The van der Waals surface area contributed by atoms with Gasteiger partial charge in [0.15, 0.2) is 0 Å². The normalized spacial score (nSPS) is 12.7. The van der Waals surface area contributed by atoms with Gasteiger partial charge in [0.2, 0.25) is 0 Å². The number of aromatic nitrogens is 2. The SMILES string of the molecule is Cc1nnsc1C(Cc1cccc2ccccc12)NN. The molecule has 0 spiro atoms. The predicted octanol–water partition coefficient (Wildman–Crippen LogP) is 2.75. The standard InChI is InChI=1S/C15H16N4S/c1-10-15(20-19-18-10)14(17-16)9-12-7-4-6-11-5-2-3-8-13(11)12/h2-8,14,17H,9,16H2,1H3. The summed E-state index contributed by atoms with van der Waals surface area (Å²) in [5, 5.41) is 6.58. The van der Waals surface area contributed by atoms with Crippen molar-refractivity contribution in [2.75, 3.05) is 0 Å². The van der Waals surface area contributed by atoms with Crippen LogP contribution in [0.5, 0.6) is 0 Å². The molecule has 102 valence electrons. The Kier molecular flexibility index (Phi) is 3.73. The van der Waals surface area contributed by atoms with E-state index in [9.17, 15) is 0 Å². The number of nitrogens with zero attached hydrogens (tertiary/aromatic N) is 2. The van der Waals surface area contributed by atoms with Crippen LogP contribution in [-0.2, 0) is 6.42 Å². The summed E-state index contributed by atoms with van der Waals surface area (Å²) in [6.07, 6.45) is 0.822. The summed E-state index contributed by atoms with van der Waals surface area (Å²) in [6, 6.07) is 14.8. The third kappa shape index (κ3) is 2.43. The van der Waals surface area contributed by atoms with E-state index in [1.807, 2.05) is 6.92 Å². The second kappa shape index (κ2) is 5.66. The number of rotatable bonds is 4.